The van der Waals surface area contributed by atoms with E-state index in [9.17, 15) is 4.79 Å². The number of carbonyl (C=O) groups excluding carboxylic acids is 1. The van der Waals surface area contributed by atoms with E-state index in [-0.39, 0.29) is 12.5 Å². The lowest BCUT2D eigenvalue weighted by atomic mass is 10.2. The van der Waals surface area contributed by atoms with Gasteiger partial charge in [-0.05, 0) is 37.1 Å². The van der Waals surface area contributed by atoms with Crippen LogP contribution in [0, 0.1) is 0 Å². The first-order valence-electron chi connectivity index (χ1n) is 8.62. The Kier molecular flexibility index (Phi) is 5.77. The van der Waals surface area contributed by atoms with E-state index >= 15 is 0 Å². The van der Waals surface area contributed by atoms with Crippen molar-refractivity contribution in [3.8, 4) is 11.5 Å². The van der Waals surface area contributed by atoms with Gasteiger partial charge in [0.2, 0.25) is 0 Å². The van der Waals surface area contributed by atoms with Crippen LogP contribution >= 0.6 is 0 Å². The molecule has 0 radical (unpaired) electrons. The highest BCUT2D eigenvalue weighted by molar-refractivity contribution is 5.77. The number of para-hydroxylation sites is 3. The zero-order valence-corrected chi connectivity index (χ0v) is 14.5. The molecule has 5 nitrogen and oxygen atoms in total. The van der Waals surface area contributed by atoms with E-state index in [4.69, 9.17) is 9.47 Å². The lowest BCUT2D eigenvalue weighted by Crippen LogP contribution is -2.41. The molecular weight excluding hydrogens is 316 g/mol. The third-order valence-corrected chi connectivity index (χ3v) is 4.43. The maximum atomic E-state index is 12.1. The van der Waals surface area contributed by atoms with Crippen LogP contribution in [0.15, 0.2) is 54.6 Å². The number of rotatable bonds is 7. The fraction of sp³-hybridized carbons (Fsp3) is 0.350. The van der Waals surface area contributed by atoms with Crippen LogP contribution in [0.4, 0.5) is 5.69 Å². The third kappa shape index (κ3) is 4.44. The Morgan fingerprint density at radius 3 is 2.60 bits per heavy atom. The average Bonchev–Trinajstić information content (AvgIpc) is 3.14. The number of nitrogens with one attached hydrogen (secondary N) is 1. The first-order valence-corrected chi connectivity index (χ1v) is 8.62. The molecule has 1 unspecified atom stereocenters. The van der Waals surface area contributed by atoms with Crippen LogP contribution < -0.4 is 19.7 Å². The number of amides is 1. The third-order valence-electron chi connectivity index (χ3n) is 4.43. The van der Waals surface area contributed by atoms with Gasteiger partial charge in [0, 0.05) is 24.8 Å². The molecule has 2 aromatic rings. The van der Waals surface area contributed by atoms with E-state index in [1.54, 1.807) is 13.2 Å². The lowest BCUT2D eigenvalue weighted by molar-refractivity contribution is -0.123. The van der Waals surface area contributed by atoms with Gasteiger partial charge in [0.25, 0.3) is 5.91 Å². The Balaban J connectivity index is 1.49. The van der Waals surface area contributed by atoms with Crippen molar-refractivity contribution < 1.29 is 14.3 Å². The van der Waals surface area contributed by atoms with E-state index in [1.165, 1.54) is 5.69 Å². The highest BCUT2D eigenvalue weighted by Gasteiger charge is 2.24. The SMILES string of the molecule is COc1ccccc1OCC(=O)NCC1CCCN1c1ccccc1. The van der Waals surface area contributed by atoms with E-state index in [2.05, 4.69) is 22.3 Å². The summed E-state index contributed by atoms with van der Waals surface area (Å²) in [5.41, 5.74) is 1.21. The molecule has 1 amide bonds. The predicted molar refractivity (Wildman–Crippen MR) is 98.3 cm³/mol. The summed E-state index contributed by atoms with van der Waals surface area (Å²) >= 11 is 0. The molecule has 0 bridgehead atoms. The number of carbonyl (C=O) groups is 1. The molecule has 2 aromatic carbocycles. The normalized spacial score (nSPS) is 16.5. The maximum absolute atomic E-state index is 12.1. The topological polar surface area (TPSA) is 50.8 Å². The van der Waals surface area contributed by atoms with Crippen molar-refractivity contribution >= 4 is 11.6 Å². The van der Waals surface area contributed by atoms with Crippen molar-refractivity contribution in [3.63, 3.8) is 0 Å². The minimum atomic E-state index is -0.120. The number of nitrogens with zero attached hydrogens (tertiary/aromatic N) is 1. The van der Waals surface area contributed by atoms with Gasteiger partial charge in [-0.25, -0.2) is 0 Å². The molecule has 132 valence electrons. The Morgan fingerprint density at radius 1 is 1.12 bits per heavy atom. The van der Waals surface area contributed by atoms with Gasteiger partial charge in [-0.3, -0.25) is 4.79 Å². The molecule has 25 heavy (non-hydrogen) atoms. The average molecular weight is 340 g/mol. The van der Waals surface area contributed by atoms with Gasteiger partial charge >= 0.3 is 0 Å². The van der Waals surface area contributed by atoms with Gasteiger partial charge in [-0.2, -0.15) is 0 Å². The van der Waals surface area contributed by atoms with Crippen LogP contribution in [0.2, 0.25) is 0 Å². The van der Waals surface area contributed by atoms with Crippen molar-refractivity contribution in [2.75, 3.05) is 31.7 Å². The van der Waals surface area contributed by atoms with E-state index in [0.29, 0.717) is 24.1 Å². The molecule has 1 atom stereocenters. The second-order valence-electron chi connectivity index (χ2n) is 6.07. The molecule has 0 saturated carbocycles. The second-order valence-corrected chi connectivity index (χ2v) is 6.07. The lowest BCUT2D eigenvalue weighted by Gasteiger charge is -2.27. The van der Waals surface area contributed by atoms with Gasteiger partial charge in [-0.1, -0.05) is 30.3 Å². The fourth-order valence-corrected chi connectivity index (χ4v) is 3.17. The van der Waals surface area contributed by atoms with Crippen LogP contribution in [0.5, 0.6) is 11.5 Å². The van der Waals surface area contributed by atoms with Crippen molar-refractivity contribution in [1.82, 2.24) is 5.32 Å². The quantitative estimate of drug-likeness (QED) is 0.842. The Hall–Kier alpha value is -2.69. The van der Waals surface area contributed by atoms with Gasteiger partial charge in [0.05, 0.1) is 7.11 Å². The molecule has 1 heterocycles. The monoisotopic (exact) mass is 340 g/mol. The van der Waals surface area contributed by atoms with E-state index in [1.807, 2.05) is 36.4 Å². The van der Waals surface area contributed by atoms with Gasteiger partial charge in [0.15, 0.2) is 18.1 Å². The summed E-state index contributed by atoms with van der Waals surface area (Å²) < 4.78 is 10.8. The van der Waals surface area contributed by atoms with Crippen LogP contribution in [0.3, 0.4) is 0 Å². The predicted octanol–water partition coefficient (Wildman–Crippen LogP) is 2.86. The molecule has 0 aromatic heterocycles. The highest BCUT2D eigenvalue weighted by atomic mass is 16.5. The van der Waals surface area contributed by atoms with Gasteiger partial charge in [0.1, 0.15) is 0 Å². The van der Waals surface area contributed by atoms with Crippen molar-refractivity contribution in [2.45, 2.75) is 18.9 Å². The number of methoxy groups -OCH3 is 1. The van der Waals surface area contributed by atoms with Crippen LogP contribution in [-0.4, -0.2) is 38.8 Å². The summed E-state index contributed by atoms with van der Waals surface area (Å²) in [7, 11) is 1.58. The molecule has 3 rings (SSSR count). The van der Waals surface area contributed by atoms with Gasteiger partial charge in [-0.15, -0.1) is 0 Å². The number of ether oxygens (including phenoxy) is 2. The van der Waals surface area contributed by atoms with Crippen molar-refractivity contribution in [2.24, 2.45) is 0 Å². The summed E-state index contributed by atoms with van der Waals surface area (Å²) in [5, 5.41) is 2.99. The summed E-state index contributed by atoms with van der Waals surface area (Å²) in [6.45, 7) is 1.64. The smallest absolute Gasteiger partial charge is 0.258 e. The van der Waals surface area contributed by atoms with Gasteiger partial charge < -0.3 is 19.7 Å². The fourth-order valence-electron chi connectivity index (χ4n) is 3.17. The minimum Gasteiger partial charge on any atom is -0.493 e. The molecular formula is C20H24N2O3. The van der Waals surface area contributed by atoms with Crippen LogP contribution in [0.1, 0.15) is 12.8 Å². The number of benzene rings is 2. The molecule has 0 aliphatic carbocycles. The molecule has 1 saturated heterocycles. The van der Waals surface area contributed by atoms with Crippen LogP contribution in [0.25, 0.3) is 0 Å². The largest absolute Gasteiger partial charge is 0.493 e. The Bertz CT molecular complexity index is 690. The molecule has 1 N–H and O–H groups in total. The summed E-state index contributed by atoms with van der Waals surface area (Å²) in [6.07, 6.45) is 2.23. The molecule has 1 aliphatic heterocycles. The zero-order valence-electron chi connectivity index (χ0n) is 14.5. The Labute approximate surface area is 148 Å². The summed E-state index contributed by atoms with van der Waals surface area (Å²) in [4.78, 5) is 14.5. The molecule has 0 spiro atoms. The minimum absolute atomic E-state index is 0.0154. The second kappa shape index (κ2) is 8.42. The summed E-state index contributed by atoms with van der Waals surface area (Å²) in [6, 6.07) is 18.0. The number of hydrogen-bond acceptors (Lipinski definition) is 4. The van der Waals surface area contributed by atoms with E-state index < -0.39 is 0 Å². The summed E-state index contributed by atoms with van der Waals surface area (Å²) in [5.74, 6) is 1.08. The first kappa shape index (κ1) is 17.1. The number of hydrogen-bond donors (Lipinski definition) is 1. The first-order chi connectivity index (χ1) is 12.3. The Morgan fingerprint density at radius 2 is 1.84 bits per heavy atom. The number of anilines is 1. The molecule has 5 heteroatoms. The maximum Gasteiger partial charge on any atom is 0.258 e. The van der Waals surface area contributed by atoms with Crippen molar-refractivity contribution in [1.29, 1.82) is 0 Å². The molecule has 1 aliphatic rings. The van der Waals surface area contributed by atoms with E-state index in [0.717, 1.165) is 19.4 Å². The molecule has 1 fully saturated rings. The van der Waals surface area contributed by atoms with Crippen LogP contribution in [-0.2, 0) is 4.79 Å². The highest BCUT2D eigenvalue weighted by Crippen LogP contribution is 2.26. The van der Waals surface area contributed by atoms with Crippen molar-refractivity contribution in [3.05, 3.63) is 54.6 Å². The zero-order chi connectivity index (χ0) is 17.5. The standard InChI is InChI=1S/C20H24N2O3/c1-24-18-11-5-6-12-19(18)25-15-20(23)21-14-17-10-7-13-22(17)16-8-3-2-4-9-16/h2-6,8-9,11-12,17H,7,10,13-15H2,1H3,(H,21,23).